The van der Waals surface area contributed by atoms with Gasteiger partial charge in [0, 0.05) is 25.6 Å². The van der Waals surface area contributed by atoms with Gasteiger partial charge in [-0.05, 0) is 32.0 Å². The third-order valence-electron chi connectivity index (χ3n) is 3.30. The number of carbonyl (C=O) groups excluding carboxylic acids is 1. The summed E-state index contributed by atoms with van der Waals surface area (Å²) in [5, 5.41) is 3.29. The van der Waals surface area contributed by atoms with Gasteiger partial charge in [0.2, 0.25) is 0 Å². The number of amides is 1. The lowest BCUT2D eigenvalue weighted by Gasteiger charge is -2.26. The minimum atomic E-state index is 0.0147. The molecule has 1 atom stereocenters. The van der Waals surface area contributed by atoms with Crippen molar-refractivity contribution in [3.63, 3.8) is 0 Å². The van der Waals surface area contributed by atoms with Gasteiger partial charge in [0.15, 0.2) is 5.76 Å². The number of nitrogens with zero attached hydrogens (tertiary/aromatic N) is 1. The van der Waals surface area contributed by atoms with Crippen molar-refractivity contribution in [2.24, 2.45) is 0 Å². The van der Waals surface area contributed by atoms with Crippen LogP contribution < -0.4 is 5.32 Å². The summed E-state index contributed by atoms with van der Waals surface area (Å²) in [6.07, 6.45) is 1.85. The van der Waals surface area contributed by atoms with Crippen molar-refractivity contribution in [2.75, 3.05) is 19.6 Å². The van der Waals surface area contributed by atoms with Crippen LogP contribution in [0.1, 0.15) is 36.6 Å². The van der Waals surface area contributed by atoms with Crippen molar-refractivity contribution in [1.82, 2.24) is 10.2 Å². The summed E-state index contributed by atoms with van der Waals surface area (Å²) >= 11 is 0. The molecule has 1 unspecified atom stereocenters. The van der Waals surface area contributed by atoms with Crippen LogP contribution in [0.3, 0.4) is 0 Å². The Labute approximate surface area is 102 Å². The molecule has 0 bridgehead atoms. The maximum atomic E-state index is 12.3. The van der Waals surface area contributed by atoms with Crippen LogP contribution in [0, 0.1) is 0 Å². The summed E-state index contributed by atoms with van der Waals surface area (Å²) < 4.78 is 5.53. The molecule has 1 aliphatic rings. The van der Waals surface area contributed by atoms with Crippen LogP contribution >= 0.6 is 0 Å². The second-order valence-corrected chi connectivity index (χ2v) is 4.36. The highest BCUT2D eigenvalue weighted by molar-refractivity contribution is 5.91. The minimum absolute atomic E-state index is 0.0147. The van der Waals surface area contributed by atoms with Crippen molar-refractivity contribution in [3.05, 3.63) is 23.7 Å². The summed E-state index contributed by atoms with van der Waals surface area (Å²) in [5.74, 6) is 1.35. The van der Waals surface area contributed by atoms with Crippen LogP contribution in [0.2, 0.25) is 0 Å². The van der Waals surface area contributed by atoms with Gasteiger partial charge in [0.05, 0.1) is 0 Å². The Hall–Kier alpha value is -1.29. The van der Waals surface area contributed by atoms with Gasteiger partial charge in [-0.15, -0.1) is 0 Å². The molecule has 1 saturated heterocycles. The molecule has 1 fully saturated rings. The molecule has 0 spiro atoms. The number of hydrogen-bond acceptors (Lipinski definition) is 3. The van der Waals surface area contributed by atoms with E-state index in [9.17, 15) is 4.79 Å². The summed E-state index contributed by atoms with van der Waals surface area (Å²) in [7, 11) is 0. The predicted octanol–water partition coefficient (Wildman–Crippen LogP) is 1.67. The molecule has 0 aliphatic carbocycles. The Bertz CT molecular complexity index is 381. The van der Waals surface area contributed by atoms with Crippen LogP contribution in [0.15, 0.2) is 16.5 Å². The van der Waals surface area contributed by atoms with E-state index in [2.05, 4.69) is 5.32 Å². The van der Waals surface area contributed by atoms with Gasteiger partial charge >= 0.3 is 0 Å². The smallest absolute Gasteiger partial charge is 0.289 e. The van der Waals surface area contributed by atoms with Crippen molar-refractivity contribution in [3.8, 4) is 0 Å². The highest BCUT2D eigenvalue weighted by atomic mass is 16.4. The third kappa shape index (κ3) is 2.52. The van der Waals surface area contributed by atoms with Gasteiger partial charge in [-0.2, -0.15) is 0 Å². The first-order chi connectivity index (χ1) is 8.26. The van der Waals surface area contributed by atoms with Crippen LogP contribution in [0.4, 0.5) is 0 Å². The number of likely N-dealkylation sites (N-methyl/N-ethyl adjacent to an activating group) is 1. The normalized spacial score (nSPS) is 19.5. The van der Waals surface area contributed by atoms with Crippen molar-refractivity contribution < 1.29 is 9.21 Å². The highest BCUT2D eigenvalue weighted by Crippen LogP contribution is 2.15. The molecule has 0 radical (unpaired) electrons. The molecule has 2 rings (SSSR count). The zero-order valence-electron chi connectivity index (χ0n) is 10.5. The largest absolute Gasteiger partial charge is 0.456 e. The molecule has 1 amide bonds. The lowest BCUT2D eigenvalue weighted by atomic mass is 10.2. The van der Waals surface area contributed by atoms with Crippen molar-refractivity contribution >= 4 is 5.91 Å². The number of carbonyl (C=O) groups is 1. The standard InChI is InChI=1S/C13H20N2O2/c1-3-11-5-6-12(17-11)13(16)15(4-2)10-7-8-14-9-10/h5-6,10,14H,3-4,7-9H2,1-2H3. The second kappa shape index (κ2) is 5.36. The summed E-state index contributed by atoms with van der Waals surface area (Å²) in [6.45, 7) is 6.65. The van der Waals surface area contributed by atoms with E-state index in [1.165, 1.54) is 0 Å². The molecular weight excluding hydrogens is 216 g/mol. The Morgan fingerprint density at radius 3 is 2.88 bits per heavy atom. The maximum absolute atomic E-state index is 12.3. The van der Waals surface area contributed by atoms with E-state index in [0.717, 1.165) is 38.2 Å². The molecule has 4 nitrogen and oxygen atoms in total. The summed E-state index contributed by atoms with van der Waals surface area (Å²) in [6, 6.07) is 3.97. The number of furan rings is 1. The first-order valence-corrected chi connectivity index (χ1v) is 6.36. The molecule has 1 aromatic rings. The Morgan fingerprint density at radius 1 is 1.53 bits per heavy atom. The molecule has 1 N–H and O–H groups in total. The fraction of sp³-hybridized carbons (Fsp3) is 0.615. The Balaban J connectivity index is 2.10. The molecule has 2 heterocycles. The topological polar surface area (TPSA) is 45.5 Å². The molecule has 0 aromatic carbocycles. The zero-order valence-corrected chi connectivity index (χ0v) is 10.5. The van der Waals surface area contributed by atoms with E-state index in [4.69, 9.17) is 4.42 Å². The number of rotatable bonds is 4. The first-order valence-electron chi connectivity index (χ1n) is 6.36. The highest BCUT2D eigenvalue weighted by Gasteiger charge is 2.27. The molecular formula is C13H20N2O2. The van der Waals surface area contributed by atoms with Crippen LogP contribution in [-0.4, -0.2) is 36.5 Å². The first kappa shape index (κ1) is 12.2. The lowest BCUT2D eigenvalue weighted by molar-refractivity contribution is 0.0669. The molecule has 4 heteroatoms. The zero-order chi connectivity index (χ0) is 12.3. The summed E-state index contributed by atoms with van der Waals surface area (Å²) in [4.78, 5) is 14.2. The average Bonchev–Trinajstić information content (AvgIpc) is 3.00. The number of hydrogen-bond donors (Lipinski definition) is 1. The monoisotopic (exact) mass is 236 g/mol. The SMILES string of the molecule is CCc1ccc(C(=O)N(CC)C2CCNC2)o1. The van der Waals surface area contributed by atoms with Gasteiger partial charge in [-0.25, -0.2) is 0 Å². The van der Waals surface area contributed by atoms with E-state index in [1.54, 1.807) is 6.07 Å². The van der Waals surface area contributed by atoms with Crippen LogP contribution in [-0.2, 0) is 6.42 Å². The Morgan fingerprint density at radius 2 is 2.35 bits per heavy atom. The third-order valence-corrected chi connectivity index (χ3v) is 3.30. The fourth-order valence-corrected chi connectivity index (χ4v) is 2.30. The molecule has 94 valence electrons. The van der Waals surface area contributed by atoms with E-state index in [0.29, 0.717) is 11.8 Å². The van der Waals surface area contributed by atoms with Crippen molar-refractivity contribution in [2.45, 2.75) is 32.7 Å². The second-order valence-electron chi connectivity index (χ2n) is 4.36. The Kier molecular flexibility index (Phi) is 3.84. The van der Waals surface area contributed by atoms with Gasteiger partial charge in [0.1, 0.15) is 5.76 Å². The molecule has 1 aliphatic heterocycles. The predicted molar refractivity (Wildman–Crippen MR) is 66.1 cm³/mol. The average molecular weight is 236 g/mol. The molecule has 17 heavy (non-hydrogen) atoms. The number of nitrogens with one attached hydrogen (secondary N) is 1. The maximum Gasteiger partial charge on any atom is 0.289 e. The van der Waals surface area contributed by atoms with Gasteiger partial charge in [-0.3, -0.25) is 4.79 Å². The van der Waals surface area contributed by atoms with Gasteiger partial charge in [-0.1, -0.05) is 6.92 Å². The summed E-state index contributed by atoms with van der Waals surface area (Å²) in [5.41, 5.74) is 0. The number of aryl methyl sites for hydroxylation is 1. The molecule has 1 aromatic heterocycles. The van der Waals surface area contributed by atoms with E-state index < -0.39 is 0 Å². The van der Waals surface area contributed by atoms with Gasteiger partial charge < -0.3 is 14.6 Å². The van der Waals surface area contributed by atoms with E-state index in [1.807, 2.05) is 24.8 Å². The van der Waals surface area contributed by atoms with Crippen molar-refractivity contribution in [1.29, 1.82) is 0 Å². The fourth-order valence-electron chi connectivity index (χ4n) is 2.30. The quantitative estimate of drug-likeness (QED) is 0.865. The van der Waals surface area contributed by atoms with Crippen LogP contribution in [0.5, 0.6) is 0 Å². The van der Waals surface area contributed by atoms with E-state index >= 15 is 0 Å². The molecule has 0 saturated carbocycles. The minimum Gasteiger partial charge on any atom is -0.456 e. The van der Waals surface area contributed by atoms with Crippen LogP contribution in [0.25, 0.3) is 0 Å². The van der Waals surface area contributed by atoms with E-state index in [-0.39, 0.29) is 5.91 Å². The van der Waals surface area contributed by atoms with Gasteiger partial charge in [0.25, 0.3) is 5.91 Å². The lowest BCUT2D eigenvalue weighted by Crippen LogP contribution is -2.41.